The van der Waals surface area contributed by atoms with Gasteiger partial charge in [-0.25, -0.2) is 0 Å². The molecule has 0 spiro atoms. The van der Waals surface area contributed by atoms with Crippen LogP contribution in [0, 0.1) is 18.8 Å². The fourth-order valence-electron chi connectivity index (χ4n) is 2.89. The van der Waals surface area contributed by atoms with E-state index in [1.54, 1.807) is 17.9 Å². The summed E-state index contributed by atoms with van der Waals surface area (Å²) >= 11 is 0. The summed E-state index contributed by atoms with van der Waals surface area (Å²) in [4.78, 5) is 26.6. The van der Waals surface area contributed by atoms with Gasteiger partial charge in [0.05, 0.1) is 6.54 Å². The Hall–Kier alpha value is -1.85. The summed E-state index contributed by atoms with van der Waals surface area (Å²) in [6.07, 6.45) is 5.01. The van der Waals surface area contributed by atoms with Crippen molar-refractivity contribution < 1.29 is 14.1 Å². The molecule has 0 radical (unpaired) electrons. The third-order valence-electron chi connectivity index (χ3n) is 4.22. The monoisotopic (exact) mass is 321 g/mol. The zero-order valence-corrected chi connectivity index (χ0v) is 14.3. The van der Waals surface area contributed by atoms with Crippen molar-refractivity contribution in [2.24, 2.45) is 11.8 Å². The third-order valence-corrected chi connectivity index (χ3v) is 4.22. The van der Waals surface area contributed by atoms with Crippen LogP contribution in [0.1, 0.15) is 51.7 Å². The van der Waals surface area contributed by atoms with Crippen molar-refractivity contribution in [3.05, 3.63) is 11.8 Å². The first kappa shape index (κ1) is 17.5. The van der Waals surface area contributed by atoms with Crippen molar-refractivity contribution in [2.75, 3.05) is 18.4 Å². The topological polar surface area (TPSA) is 75.4 Å². The maximum atomic E-state index is 12.7. The van der Waals surface area contributed by atoms with Crippen molar-refractivity contribution in [2.45, 2.75) is 52.9 Å². The van der Waals surface area contributed by atoms with E-state index in [0.29, 0.717) is 24.0 Å². The molecular weight excluding hydrogens is 294 g/mol. The highest BCUT2D eigenvalue weighted by Crippen LogP contribution is 2.26. The van der Waals surface area contributed by atoms with Crippen molar-refractivity contribution in [1.82, 2.24) is 10.1 Å². The second-order valence-corrected chi connectivity index (χ2v) is 6.79. The number of hydrogen-bond acceptors (Lipinski definition) is 4. The van der Waals surface area contributed by atoms with E-state index < -0.39 is 0 Å². The molecule has 1 aromatic heterocycles. The van der Waals surface area contributed by atoms with Gasteiger partial charge in [0, 0.05) is 18.5 Å². The highest BCUT2D eigenvalue weighted by molar-refractivity contribution is 5.94. The summed E-state index contributed by atoms with van der Waals surface area (Å²) < 4.78 is 4.93. The number of carbonyl (C=O) groups excluding carboxylic acids is 2. The summed E-state index contributed by atoms with van der Waals surface area (Å²) in [6.45, 7) is 6.71. The largest absolute Gasteiger partial charge is 0.360 e. The lowest BCUT2D eigenvalue weighted by Gasteiger charge is -2.25. The van der Waals surface area contributed by atoms with Crippen LogP contribution in [0.2, 0.25) is 0 Å². The zero-order valence-electron chi connectivity index (χ0n) is 14.3. The highest BCUT2D eigenvalue weighted by atomic mass is 16.5. The van der Waals surface area contributed by atoms with Gasteiger partial charge in [-0.3, -0.25) is 9.59 Å². The van der Waals surface area contributed by atoms with Gasteiger partial charge in [-0.1, -0.05) is 31.8 Å². The normalized spacial score (nSPS) is 15.1. The molecule has 0 aromatic carbocycles. The van der Waals surface area contributed by atoms with Crippen LogP contribution in [-0.2, 0) is 9.59 Å². The highest BCUT2D eigenvalue weighted by Gasteiger charge is 2.28. The third kappa shape index (κ3) is 5.37. The van der Waals surface area contributed by atoms with Crippen LogP contribution < -0.4 is 5.32 Å². The van der Waals surface area contributed by atoms with E-state index in [2.05, 4.69) is 24.3 Å². The predicted octanol–water partition coefficient (Wildman–Crippen LogP) is 2.99. The average Bonchev–Trinajstić information content (AvgIpc) is 3.14. The van der Waals surface area contributed by atoms with Crippen LogP contribution in [0.4, 0.5) is 5.82 Å². The summed E-state index contributed by atoms with van der Waals surface area (Å²) in [6, 6.07) is 1.66. The lowest BCUT2D eigenvalue weighted by Crippen LogP contribution is -2.41. The number of rotatable bonds is 7. The molecule has 6 nitrogen and oxygen atoms in total. The number of amides is 2. The van der Waals surface area contributed by atoms with E-state index in [0.717, 1.165) is 32.1 Å². The van der Waals surface area contributed by atoms with E-state index in [1.807, 2.05) is 0 Å². The van der Waals surface area contributed by atoms with Crippen LogP contribution in [0.15, 0.2) is 10.6 Å². The van der Waals surface area contributed by atoms with Crippen LogP contribution in [0.5, 0.6) is 0 Å². The lowest BCUT2D eigenvalue weighted by atomic mass is 10.1. The maximum absolute atomic E-state index is 12.7. The Kier molecular flexibility index (Phi) is 6.19. The molecule has 1 N–H and O–H groups in total. The number of aryl methyl sites for hydroxylation is 1. The lowest BCUT2D eigenvalue weighted by molar-refractivity contribution is -0.138. The van der Waals surface area contributed by atoms with E-state index in [9.17, 15) is 9.59 Å². The van der Waals surface area contributed by atoms with Crippen molar-refractivity contribution in [1.29, 1.82) is 0 Å². The Bertz CT molecular complexity index is 533. The van der Waals surface area contributed by atoms with Gasteiger partial charge < -0.3 is 14.7 Å². The van der Waals surface area contributed by atoms with E-state index in [-0.39, 0.29) is 24.3 Å². The van der Waals surface area contributed by atoms with Gasteiger partial charge in [0.1, 0.15) is 5.76 Å². The summed E-state index contributed by atoms with van der Waals surface area (Å²) in [7, 11) is 0. The van der Waals surface area contributed by atoms with Crippen molar-refractivity contribution in [3.63, 3.8) is 0 Å². The summed E-state index contributed by atoms with van der Waals surface area (Å²) in [5.41, 5.74) is 0. The molecule has 6 heteroatoms. The molecule has 0 aliphatic heterocycles. The Morgan fingerprint density at radius 1 is 1.39 bits per heavy atom. The molecule has 1 aliphatic carbocycles. The molecule has 1 fully saturated rings. The van der Waals surface area contributed by atoms with Crippen LogP contribution in [0.3, 0.4) is 0 Å². The summed E-state index contributed by atoms with van der Waals surface area (Å²) in [5.74, 6) is 1.51. The molecule has 23 heavy (non-hydrogen) atoms. The van der Waals surface area contributed by atoms with E-state index in [4.69, 9.17) is 4.52 Å². The Balaban J connectivity index is 1.94. The van der Waals surface area contributed by atoms with Gasteiger partial charge in [0.25, 0.3) is 0 Å². The first-order valence-electron chi connectivity index (χ1n) is 8.47. The molecule has 0 unspecified atom stereocenters. The van der Waals surface area contributed by atoms with E-state index in [1.165, 1.54) is 0 Å². The maximum Gasteiger partial charge on any atom is 0.245 e. The molecule has 0 atom stereocenters. The molecule has 1 saturated carbocycles. The SMILES string of the molecule is Cc1cc(NC(=O)CN(CCC(C)C)C(=O)C2CCCC2)no1. The Morgan fingerprint density at radius 3 is 2.65 bits per heavy atom. The quantitative estimate of drug-likeness (QED) is 0.837. The molecule has 1 aliphatic rings. The van der Waals surface area contributed by atoms with E-state index >= 15 is 0 Å². The number of nitrogens with one attached hydrogen (secondary N) is 1. The van der Waals surface area contributed by atoms with Gasteiger partial charge in [-0.15, -0.1) is 0 Å². The fraction of sp³-hybridized carbons (Fsp3) is 0.706. The molecule has 2 rings (SSSR count). The number of anilines is 1. The average molecular weight is 321 g/mol. The minimum absolute atomic E-state index is 0.0773. The smallest absolute Gasteiger partial charge is 0.245 e. The van der Waals surface area contributed by atoms with Crippen molar-refractivity contribution >= 4 is 17.6 Å². The van der Waals surface area contributed by atoms with Gasteiger partial charge in [-0.05, 0) is 32.1 Å². The zero-order chi connectivity index (χ0) is 16.8. The summed E-state index contributed by atoms with van der Waals surface area (Å²) in [5, 5.41) is 6.44. The first-order chi connectivity index (χ1) is 11.0. The number of aromatic nitrogens is 1. The minimum atomic E-state index is -0.228. The second-order valence-electron chi connectivity index (χ2n) is 6.79. The van der Waals surface area contributed by atoms with Gasteiger partial charge in [0.2, 0.25) is 11.8 Å². The molecule has 128 valence electrons. The molecule has 2 amide bonds. The first-order valence-corrected chi connectivity index (χ1v) is 8.47. The predicted molar refractivity (Wildman–Crippen MR) is 87.9 cm³/mol. The van der Waals surface area contributed by atoms with Gasteiger partial charge >= 0.3 is 0 Å². The Labute approximate surface area is 137 Å². The fourth-order valence-corrected chi connectivity index (χ4v) is 2.89. The molecular formula is C17H27N3O3. The van der Waals surface area contributed by atoms with Crippen LogP contribution >= 0.6 is 0 Å². The number of hydrogen-bond donors (Lipinski definition) is 1. The molecule has 0 saturated heterocycles. The van der Waals surface area contributed by atoms with Gasteiger partial charge in [0.15, 0.2) is 5.82 Å². The minimum Gasteiger partial charge on any atom is -0.360 e. The van der Waals surface area contributed by atoms with Crippen LogP contribution in [0.25, 0.3) is 0 Å². The molecule has 1 heterocycles. The number of nitrogens with zero attached hydrogens (tertiary/aromatic N) is 2. The number of carbonyl (C=O) groups is 2. The van der Waals surface area contributed by atoms with Crippen molar-refractivity contribution in [3.8, 4) is 0 Å². The van der Waals surface area contributed by atoms with Gasteiger partial charge in [-0.2, -0.15) is 0 Å². The Morgan fingerprint density at radius 2 is 2.09 bits per heavy atom. The molecule has 1 aromatic rings. The molecule has 0 bridgehead atoms. The van der Waals surface area contributed by atoms with Crippen LogP contribution in [-0.4, -0.2) is 35.0 Å². The second kappa shape index (κ2) is 8.13. The standard InChI is InChI=1S/C17H27N3O3/c1-12(2)8-9-20(17(22)14-6-4-5-7-14)11-16(21)18-15-10-13(3)23-19-15/h10,12,14H,4-9,11H2,1-3H3,(H,18,19,21).